The molecule has 0 spiro atoms. The molecule has 0 N–H and O–H groups in total. The van der Waals surface area contributed by atoms with Crippen LogP contribution in [-0.2, 0) is 5.41 Å². The van der Waals surface area contributed by atoms with Crippen molar-refractivity contribution in [3.05, 3.63) is 211 Å². The molecule has 6 rings (SSSR count). The Bertz CT molecular complexity index is 1840. The number of rotatable bonds is 9. The van der Waals surface area contributed by atoms with Crippen LogP contribution in [0.2, 0.25) is 0 Å². The number of hydrogen-bond donors (Lipinski definition) is 0. The quantitative estimate of drug-likeness (QED) is 0.164. The normalized spacial score (nSPS) is 16.0. The van der Waals surface area contributed by atoms with Crippen LogP contribution in [0.25, 0.3) is 16.7 Å². The van der Waals surface area contributed by atoms with Gasteiger partial charge in [-0.3, -0.25) is 0 Å². The third-order valence-electron chi connectivity index (χ3n) is 8.50. The monoisotopic (exact) mass is 553 g/mol. The van der Waals surface area contributed by atoms with Crippen molar-refractivity contribution in [2.45, 2.75) is 12.3 Å². The summed E-state index contributed by atoms with van der Waals surface area (Å²) in [5.74, 6) is 0. The summed E-state index contributed by atoms with van der Waals surface area (Å²) in [6.45, 7) is 14.6. The van der Waals surface area contributed by atoms with E-state index < -0.39 is 5.41 Å². The van der Waals surface area contributed by atoms with Crippen LogP contribution in [0, 0.1) is 0 Å². The second kappa shape index (κ2) is 11.8. The van der Waals surface area contributed by atoms with Crippen molar-refractivity contribution >= 4 is 16.9 Å². The Labute approximate surface area is 255 Å². The Morgan fingerprint density at radius 3 is 1.74 bits per heavy atom. The van der Waals surface area contributed by atoms with Gasteiger partial charge in [-0.2, -0.15) is 0 Å². The maximum absolute atomic E-state index is 4.30. The molecule has 0 heterocycles. The molecule has 1 nitrogen and oxygen atoms in total. The summed E-state index contributed by atoms with van der Waals surface area (Å²) >= 11 is 0. The molecule has 0 aromatic heterocycles. The maximum atomic E-state index is 4.30. The van der Waals surface area contributed by atoms with Crippen molar-refractivity contribution in [2.75, 3.05) is 4.90 Å². The van der Waals surface area contributed by atoms with Crippen LogP contribution in [-0.4, -0.2) is 0 Å². The maximum Gasteiger partial charge on any atom is 0.0710 e. The number of nitrogens with zero attached hydrogens (tertiary/aromatic N) is 1. The average Bonchev–Trinajstić information content (AvgIpc) is 3.34. The van der Waals surface area contributed by atoms with Gasteiger partial charge in [-0.05, 0) is 87.9 Å². The molecular weight excluding hydrogens is 518 g/mol. The predicted octanol–water partition coefficient (Wildman–Crippen LogP) is 11.1. The second-order valence-electron chi connectivity index (χ2n) is 10.7. The van der Waals surface area contributed by atoms with Crippen LogP contribution in [0.15, 0.2) is 189 Å². The van der Waals surface area contributed by atoms with Crippen molar-refractivity contribution < 1.29 is 0 Å². The topological polar surface area (TPSA) is 3.24 Å². The van der Waals surface area contributed by atoms with Crippen LogP contribution in [0.3, 0.4) is 0 Å². The zero-order chi connectivity index (χ0) is 29.8. The predicted molar refractivity (Wildman–Crippen MR) is 184 cm³/mol. The minimum Gasteiger partial charge on any atom is -0.311 e. The third kappa shape index (κ3) is 4.70. The molecule has 0 fully saturated rings. The molecule has 0 radical (unpaired) electrons. The Hall–Kier alpha value is -5.40. The third-order valence-corrected chi connectivity index (χ3v) is 8.50. The zero-order valence-electron chi connectivity index (χ0n) is 24.6. The lowest BCUT2D eigenvalue weighted by Crippen LogP contribution is -2.29. The lowest BCUT2D eigenvalue weighted by Gasteiger charge is -2.35. The summed E-state index contributed by atoms with van der Waals surface area (Å²) in [4.78, 5) is 2.22. The summed E-state index contributed by atoms with van der Waals surface area (Å²) in [6, 6.07) is 47.6. The Morgan fingerprint density at radius 2 is 1.14 bits per heavy atom. The molecule has 1 unspecified atom stereocenters. The minimum atomic E-state index is -0.456. The van der Waals surface area contributed by atoms with Gasteiger partial charge in [-0.25, -0.2) is 0 Å². The first-order chi connectivity index (χ1) is 21.1. The van der Waals surface area contributed by atoms with E-state index in [4.69, 9.17) is 0 Å². The highest BCUT2D eigenvalue weighted by molar-refractivity contribution is 5.86. The molecule has 5 aromatic carbocycles. The molecule has 0 amide bonds. The van der Waals surface area contributed by atoms with E-state index >= 15 is 0 Å². The summed E-state index contributed by atoms with van der Waals surface area (Å²) in [7, 11) is 0. The van der Waals surface area contributed by atoms with Gasteiger partial charge in [0.25, 0.3) is 0 Å². The van der Waals surface area contributed by atoms with E-state index in [2.05, 4.69) is 159 Å². The second-order valence-corrected chi connectivity index (χ2v) is 10.7. The fourth-order valence-electron chi connectivity index (χ4n) is 6.59. The lowest BCUT2D eigenvalue weighted by atomic mass is 9.67. The van der Waals surface area contributed by atoms with Gasteiger partial charge in [-0.1, -0.05) is 141 Å². The number of benzene rings is 5. The van der Waals surface area contributed by atoms with Crippen molar-refractivity contribution in [1.82, 2.24) is 0 Å². The van der Waals surface area contributed by atoms with Crippen molar-refractivity contribution in [3.8, 4) is 11.1 Å². The fraction of sp³-hybridized carbons (Fsp3) is 0.0476. The van der Waals surface area contributed by atoms with Gasteiger partial charge in [0.15, 0.2) is 0 Å². The molecule has 1 aliphatic carbocycles. The standard InChI is InChI=1S/C42H35N/c1-5-16-36(6-2)43(37-27-23-33(24-28-37)32-17-10-8-11-18-32)38-29-25-35(26-30-38)42(34-19-12-9-13-20-34)40(7-3)31(4)39-21-14-15-22-41(39)42/h5-30H,1-3H2,4H3. The van der Waals surface area contributed by atoms with E-state index in [1.807, 2.05) is 24.3 Å². The van der Waals surface area contributed by atoms with E-state index in [0.717, 1.165) is 17.1 Å². The highest BCUT2D eigenvalue weighted by atomic mass is 15.1. The largest absolute Gasteiger partial charge is 0.311 e. The molecule has 0 saturated carbocycles. The minimum absolute atomic E-state index is 0.456. The summed E-state index contributed by atoms with van der Waals surface area (Å²) in [6.07, 6.45) is 7.72. The smallest absolute Gasteiger partial charge is 0.0710 e. The summed E-state index contributed by atoms with van der Waals surface area (Å²) < 4.78 is 0. The lowest BCUT2D eigenvalue weighted by molar-refractivity contribution is 0.761. The van der Waals surface area contributed by atoms with Crippen LogP contribution in [0.4, 0.5) is 11.4 Å². The summed E-state index contributed by atoms with van der Waals surface area (Å²) in [5.41, 5.74) is 12.4. The van der Waals surface area contributed by atoms with Gasteiger partial charge in [0.05, 0.1) is 5.41 Å². The van der Waals surface area contributed by atoms with Gasteiger partial charge in [0, 0.05) is 17.1 Å². The molecule has 1 aliphatic rings. The van der Waals surface area contributed by atoms with Crippen molar-refractivity contribution in [2.24, 2.45) is 0 Å². The SMILES string of the molecule is C=CC=C(C=C)N(c1ccc(-c2ccccc2)cc1)c1ccc(C2(c3ccccc3)C(C=C)=C(C)c3ccccc32)cc1. The first kappa shape index (κ1) is 27.8. The van der Waals surface area contributed by atoms with Gasteiger partial charge in [0.1, 0.15) is 0 Å². The van der Waals surface area contributed by atoms with Crippen molar-refractivity contribution in [1.29, 1.82) is 0 Å². The van der Waals surface area contributed by atoms with Gasteiger partial charge in [-0.15, -0.1) is 0 Å². The van der Waals surface area contributed by atoms with Gasteiger partial charge < -0.3 is 4.90 Å². The molecule has 1 heteroatoms. The molecule has 0 bridgehead atoms. The Morgan fingerprint density at radius 1 is 0.605 bits per heavy atom. The van der Waals surface area contributed by atoms with E-state index in [9.17, 15) is 0 Å². The molecule has 43 heavy (non-hydrogen) atoms. The van der Waals surface area contributed by atoms with Crippen LogP contribution < -0.4 is 4.90 Å². The molecule has 5 aromatic rings. The van der Waals surface area contributed by atoms with Gasteiger partial charge >= 0.3 is 0 Å². The van der Waals surface area contributed by atoms with Crippen molar-refractivity contribution in [3.63, 3.8) is 0 Å². The number of anilines is 2. The van der Waals surface area contributed by atoms with E-state index in [1.54, 1.807) is 6.08 Å². The first-order valence-corrected chi connectivity index (χ1v) is 14.6. The number of allylic oxidation sites excluding steroid dienone is 6. The van der Waals surface area contributed by atoms with E-state index in [1.165, 1.54) is 44.5 Å². The molecule has 1 atom stereocenters. The molecule has 0 saturated heterocycles. The highest BCUT2D eigenvalue weighted by Gasteiger charge is 2.45. The molecule has 208 valence electrons. The van der Waals surface area contributed by atoms with Crippen LogP contribution >= 0.6 is 0 Å². The Balaban J connectivity index is 1.50. The Kier molecular flexibility index (Phi) is 7.64. The van der Waals surface area contributed by atoms with Gasteiger partial charge in [0.2, 0.25) is 0 Å². The molecular formula is C42H35N. The number of hydrogen-bond acceptors (Lipinski definition) is 1. The van der Waals surface area contributed by atoms with E-state index in [-0.39, 0.29) is 0 Å². The fourth-order valence-corrected chi connectivity index (χ4v) is 6.59. The van der Waals surface area contributed by atoms with E-state index in [0.29, 0.717) is 0 Å². The molecule has 0 aliphatic heterocycles. The zero-order valence-corrected chi connectivity index (χ0v) is 24.6. The van der Waals surface area contributed by atoms with Crippen LogP contribution in [0.5, 0.6) is 0 Å². The first-order valence-electron chi connectivity index (χ1n) is 14.6. The summed E-state index contributed by atoms with van der Waals surface area (Å²) in [5, 5.41) is 0. The number of fused-ring (bicyclic) bond motifs is 1. The van der Waals surface area contributed by atoms with Crippen LogP contribution in [0.1, 0.15) is 29.2 Å². The highest BCUT2D eigenvalue weighted by Crippen LogP contribution is 2.54. The average molecular weight is 554 g/mol.